The molecule has 2 aliphatic carbocycles. The SMILES string of the molecule is O=C(NC[C@H](O)[C@@H](O)[C@H](O)[C@H](O)CO)c1ccc(CCc2cc(Cl)c(CNC3(C(=O)N4CCN(C5CC5)c5ccccc54)CC3)cc2Cl)cn1. The zero-order chi connectivity index (χ0) is 35.6. The predicted octanol–water partition coefficient (Wildman–Crippen LogP) is 1.98. The second-order valence-corrected chi connectivity index (χ2v) is 14.2. The Hall–Kier alpha value is -3.33. The van der Waals surface area contributed by atoms with Crippen LogP contribution in [0.2, 0.25) is 10.0 Å². The lowest BCUT2D eigenvalue weighted by Gasteiger charge is -2.39. The van der Waals surface area contributed by atoms with E-state index in [1.807, 2.05) is 35.2 Å². The third-order valence-electron chi connectivity index (χ3n) is 9.81. The van der Waals surface area contributed by atoms with Crippen LogP contribution in [0.1, 0.15) is 52.9 Å². The number of anilines is 2. The molecule has 2 fully saturated rings. The fourth-order valence-electron chi connectivity index (χ4n) is 6.39. The summed E-state index contributed by atoms with van der Waals surface area (Å²) in [7, 11) is 0. The van der Waals surface area contributed by atoms with Crippen molar-refractivity contribution in [1.29, 1.82) is 0 Å². The van der Waals surface area contributed by atoms with E-state index >= 15 is 0 Å². The molecule has 0 bridgehead atoms. The molecule has 2 aromatic carbocycles. The largest absolute Gasteiger partial charge is 0.394 e. The van der Waals surface area contributed by atoms with Crippen molar-refractivity contribution in [1.82, 2.24) is 15.6 Å². The standard InChI is InChI=1S/C36H43Cl2N5O7/c37-25-16-23(18-41-36(11-12-36)35(50)43-14-13-42(24-8-9-24)28-3-1-2-4-29(28)43)26(38)15-22(25)7-5-21-6-10-27(39-17-21)34(49)40-19-30(45)32(47)33(48)31(46)20-44/h1-4,6,10,15-17,24,30-33,41,44-48H,5,7-9,11-14,18-20H2,(H,40,49)/t30-,31+,32+,33+/m0/s1. The first kappa shape index (κ1) is 36.5. The molecule has 0 radical (unpaired) electrons. The lowest BCUT2D eigenvalue weighted by Crippen LogP contribution is -2.53. The van der Waals surface area contributed by atoms with Gasteiger partial charge in [-0.3, -0.25) is 19.9 Å². The van der Waals surface area contributed by atoms with Crippen molar-refractivity contribution in [2.24, 2.45) is 0 Å². The Morgan fingerprint density at radius 2 is 1.58 bits per heavy atom. The van der Waals surface area contributed by atoms with Gasteiger partial charge in [-0.25, -0.2) is 0 Å². The monoisotopic (exact) mass is 727 g/mol. The van der Waals surface area contributed by atoms with Gasteiger partial charge in [0.1, 0.15) is 24.0 Å². The molecule has 0 spiro atoms. The normalized spacial score (nSPS) is 18.9. The van der Waals surface area contributed by atoms with Gasteiger partial charge < -0.3 is 40.6 Å². The Kier molecular flexibility index (Phi) is 11.3. The zero-order valence-electron chi connectivity index (χ0n) is 27.5. The van der Waals surface area contributed by atoms with Gasteiger partial charge in [-0.05, 0) is 85.5 Å². The average molecular weight is 729 g/mol. The van der Waals surface area contributed by atoms with Gasteiger partial charge in [-0.2, -0.15) is 0 Å². The minimum absolute atomic E-state index is 0.0842. The molecule has 1 aromatic heterocycles. The van der Waals surface area contributed by atoms with Crippen molar-refractivity contribution >= 4 is 46.4 Å². The first-order valence-corrected chi connectivity index (χ1v) is 17.7. The predicted molar refractivity (Wildman–Crippen MR) is 190 cm³/mol. The second-order valence-electron chi connectivity index (χ2n) is 13.4. The smallest absolute Gasteiger partial charge is 0.269 e. The van der Waals surface area contributed by atoms with Gasteiger partial charge in [0, 0.05) is 48.5 Å². The first-order valence-electron chi connectivity index (χ1n) is 17.0. The molecule has 268 valence electrons. The van der Waals surface area contributed by atoms with Crippen LogP contribution in [-0.4, -0.2) is 105 Å². The molecule has 0 saturated heterocycles. The molecular weight excluding hydrogens is 685 g/mol. The minimum Gasteiger partial charge on any atom is -0.394 e. The quantitative estimate of drug-likeness (QED) is 0.122. The fraction of sp³-hybridized carbons (Fsp3) is 0.472. The Labute approximate surface area is 300 Å². The number of para-hydroxylation sites is 2. The summed E-state index contributed by atoms with van der Waals surface area (Å²) >= 11 is 13.4. The lowest BCUT2D eigenvalue weighted by molar-refractivity contribution is -0.121. The summed E-state index contributed by atoms with van der Waals surface area (Å²) in [6, 6.07) is 15.7. The van der Waals surface area contributed by atoms with E-state index in [4.69, 9.17) is 28.3 Å². The van der Waals surface area contributed by atoms with E-state index in [1.54, 1.807) is 12.3 Å². The summed E-state index contributed by atoms with van der Waals surface area (Å²) in [6.07, 6.45) is -0.132. The average Bonchev–Trinajstić information content (AvgIpc) is 4.08. The number of benzene rings is 2. The Bertz CT molecular complexity index is 1690. The van der Waals surface area contributed by atoms with E-state index in [0.29, 0.717) is 42.0 Å². The molecule has 2 amide bonds. The molecule has 2 saturated carbocycles. The third-order valence-corrected chi connectivity index (χ3v) is 10.5. The minimum atomic E-state index is -1.78. The highest BCUT2D eigenvalue weighted by Gasteiger charge is 2.52. The summed E-state index contributed by atoms with van der Waals surface area (Å²) in [4.78, 5) is 34.9. The number of nitrogens with one attached hydrogen (secondary N) is 2. The summed E-state index contributed by atoms with van der Waals surface area (Å²) < 4.78 is 0. The number of nitrogens with zero attached hydrogens (tertiary/aromatic N) is 3. The highest BCUT2D eigenvalue weighted by Crippen LogP contribution is 2.44. The van der Waals surface area contributed by atoms with Crippen LogP contribution < -0.4 is 20.4 Å². The summed E-state index contributed by atoms with van der Waals surface area (Å²) in [5, 5.41) is 55.0. The van der Waals surface area contributed by atoms with E-state index in [-0.39, 0.29) is 11.6 Å². The number of amides is 2. The van der Waals surface area contributed by atoms with Crippen molar-refractivity contribution in [3.05, 3.63) is 87.2 Å². The molecule has 7 N–H and O–H groups in total. The molecule has 1 aliphatic heterocycles. The van der Waals surface area contributed by atoms with Crippen LogP contribution in [0.4, 0.5) is 11.4 Å². The molecular formula is C36H43Cl2N5O7. The molecule has 3 aliphatic rings. The number of fused-ring (bicyclic) bond motifs is 1. The number of halogens is 2. The number of aliphatic hydroxyl groups is 5. The Balaban J connectivity index is 1.00. The van der Waals surface area contributed by atoms with E-state index in [9.17, 15) is 30.0 Å². The molecule has 12 nitrogen and oxygen atoms in total. The van der Waals surface area contributed by atoms with Crippen molar-refractivity contribution in [3.8, 4) is 0 Å². The van der Waals surface area contributed by atoms with Gasteiger partial charge in [0.05, 0.1) is 29.6 Å². The topological polar surface area (TPSA) is 179 Å². The molecule has 50 heavy (non-hydrogen) atoms. The van der Waals surface area contributed by atoms with Crippen LogP contribution in [0.3, 0.4) is 0 Å². The van der Waals surface area contributed by atoms with E-state index < -0.39 is 49.0 Å². The van der Waals surface area contributed by atoms with Crippen LogP contribution in [0.25, 0.3) is 0 Å². The molecule has 3 aromatic rings. The zero-order valence-corrected chi connectivity index (χ0v) is 29.0. The molecule has 2 heterocycles. The van der Waals surface area contributed by atoms with Gasteiger partial charge in [-0.15, -0.1) is 0 Å². The van der Waals surface area contributed by atoms with Crippen molar-refractivity contribution in [2.45, 2.75) is 81.1 Å². The Morgan fingerprint density at radius 1 is 0.900 bits per heavy atom. The maximum Gasteiger partial charge on any atom is 0.269 e. The van der Waals surface area contributed by atoms with Gasteiger partial charge in [0.25, 0.3) is 5.91 Å². The van der Waals surface area contributed by atoms with E-state index in [1.165, 1.54) is 18.9 Å². The maximum absolute atomic E-state index is 13.9. The number of carbonyl (C=O) groups excluding carboxylic acids is 2. The van der Waals surface area contributed by atoms with Crippen LogP contribution in [0.15, 0.2) is 54.7 Å². The molecule has 14 heteroatoms. The van der Waals surface area contributed by atoms with Gasteiger partial charge in [-0.1, -0.05) is 41.4 Å². The highest BCUT2D eigenvalue weighted by molar-refractivity contribution is 6.34. The first-order chi connectivity index (χ1) is 24.0. The van der Waals surface area contributed by atoms with Crippen LogP contribution in [-0.2, 0) is 24.2 Å². The number of carbonyl (C=O) groups is 2. The van der Waals surface area contributed by atoms with Crippen LogP contribution >= 0.6 is 23.2 Å². The number of aryl methyl sites for hydroxylation is 2. The third kappa shape index (κ3) is 8.08. The number of hydrogen-bond acceptors (Lipinski definition) is 10. The number of aromatic nitrogens is 1. The molecule has 6 rings (SSSR count). The summed E-state index contributed by atoms with van der Waals surface area (Å²) in [5.41, 5.74) is 4.10. The summed E-state index contributed by atoms with van der Waals surface area (Å²) in [5.74, 6) is -0.503. The van der Waals surface area contributed by atoms with Crippen LogP contribution in [0, 0.1) is 0 Å². The second kappa shape index (κ2) is 15.5. The maximum atomic E-state index is 13.9. The van der Waals surface area contributed by atoms with Crippen molar-refractivity contribution < 1.29 is 35.1 Å². The van der Waals surface area contributed by atoms with E-state index in [0.717, 1.165) is 47.5 Å². The number of rotatable bonds is 15. The van der Waals surface area contributed by atoms with Gasteiger partial charge in [0.15, 0.2) is 0 Å². The van der Waals surface area contributed by atoms with Crippen molar-refractivity contribution in [2.75, 3.05) is 36.0 Å². The molecule has 4 atom stereocenters. The van der Waals surface area contributed by atoms with Crippen molar-refractivity contribution in [3.63, 3.8) is 0 Å². The lowest BCUT2D eigenvalue weighted by atomic mass is 10.0. The van der Waals surface area contributed by atoms with Gasteiger partial charge in [0.2, 0.25) is 5.91 Å². The summed E-state index contributed by atoms with van der Waals surface area (Å²) in [6.45, 7) is 0.707. The fourth-order valence-corrected chi connectivity index (χ4v) is 6.92. The highest BCUT2D eigenvalue weighted by atomic mass is 35.5. The van der Waals surface area contributed by atoms with Gasteiger partial charge >= 0.3 is 0 Å². The number of hydrogen-bond donors (Lipinski definition) is 7. The number of aliphatic hydroxyl groups excluding tert-OH is 5. The molecule has 0 unspecified atom stereocenters. The van der Waals surface area contributed by atoms with Crippen LogP contribution in [0.5, 0.6) is 0 Å². The number of pyridine rings is 1. The van der Waals surface area contributed by atoms with E-state index in [2.05, 4.69) is 26.6 Å². The Morgan fingerprint density at radius 3 is 2.24 bits per heavy atom.